The molecule has 2 aromatic heterocycles. The highest BCUT2D eigenvalue weighted by Crippen LogP contribution is 2.20. The molecule has 14 heavy (non-hydrogen) atoms. The molecule has 0 bridgehead atoms. The van der Waals surface area contributed by atoms with Gasteiger partial charge in [0, 0.05) is 4.47 Å². The summed E-state index contributed by atoms with van der Waals surface area (Å²) in [5, 5.41) is 9.06. The molecule has 0 aliphatic rings. The fraction of sp³-hybridized carbons (Fsp3) is 0. The number of halogens is 1. The van der Waals surface area contributed by atoms with Crippen molar-refractivity contribution in [3.05, 3.63) is 41.1 Å². The van der Waals surface area contributed by atoms with E-state index in [1.54, 1.807) is 6.33 Å². The third kappa shape index (κ3) is 1.04. The van der Waals surface area contributed by atoms with Gasteiger partial charge in [0.2, 0.25) is 0 Å². The zero-order valence-corrected chi connectivity index (χ0v) is 8.77. The summed E-state index contributed by atoms with van der Waals surface area (Å²) in [5.41, 5.74) is 1.98. The van der Waals surface area contributed by atoms with Crippen molar-refractivity contribution in [2.24, 2.45) is 0 Å². The van der Waals surface area contributed by atoms with E-state index >= 15 is 0 Å². The molecule has 0 fully saturated rings. The molecule has 0 aliphatic carbocycles. The quantitative estimate of drug-likeness (QED) is 0.612. The molecule has 0 saturated carbocycles. The van der Waals surface area contributed by atoms with Gasteiger partial charge in [0.15, 0.2) is 5.65 Å². The molecule has 0 amide bonds. The van der Waals surface area contributed by atoms with Crippen LogP contribution >= 0.6 is 15.9 Å². The van der Waals surface area contributed by atoms with E-state index in [9.17, 15) is 0 Å². The van der Waals surface area contributed by atoms with Gasteiger partial charge in [0.1, 0.15) is 6.33 Å². The predicted molar refractivity (Wildman–Crippen MR) is 58.2 cm³/mol. The smallest absolute Gasteiger partial charge is 0.161 e. The summed E-state index contributed by atoms with van der Waals surface area (Å²) in [6.07, 6.45) is 1.73. The van der Waals surface area contributed by atoms with Gasteiger partial charge in [-0.3, -0.25) is 4.40 Å². The number of nitrogens with zero attached hydrogens (tertiary/aromatic N) is 3. The monoisotopic (exact) mass is 247 g/mol. The minimum Gasteiger partial charge on any atom is -0.281 e. The van der Waals surface area contributed by atoms with Gasteiger partial charge < -0.3 is 0 Å². The van der Waals surface area contributed by atoms with Crippen LogP contribution in [0.15, 0.2) is 41.1 Å². The Hall–Kier alpha value is -1.42. The van der Waals surface area contributed by atoms with Crippen molar-refractivity contribution in [3.8, 4) is 0 Å². The normalized spacial score (nSPS) is 11.2. The second-order valence-corrected chi connectivity index (χ2v) is 4.01. The van der Waals surface area contributed by atoms with E-state index in [0.717, 1.165) is 15.6 Å². The molecule has 1 aromatic carbocycles. The molecule has 4 heteroatoms. The maximum atomic E-state index is 4.00. The Bertz CT molecular complexity index is 615. The molecule has 3 aromatic rings. The van der Waals surface area contributed by atoms with Gasteiger partial charge in [0.25, 0.3) is 0 Å². The largest absolute Gasteiger partial charge is 0.281 e. The van der Waals surface area contributed by atoms with Crippen molar-refractivity contribution in [1.29, 1.82) is 0 Å². The summed E-state index contributed by atoms with van der Waals surface area (Å²) in [5.74, 6) is 0. The van der Waals surface area contributed by atoms with Crippen molar-refractivity contribution >= 4 is 32.5 Å². The van der Waals surface area contributed by atoms with Gasteiger partial charge in [-0.05, 0) is 29.7 Å². The zero-order valence-electron chi connectivity index (χ0n) is 7.18. The Morgan fingerprint density at radius 2 is 2.00 bits per heavy atom. The lowest BCUT2D eigenvalue weighted by atomic mass is 10.2. The second kappa shape index (κ2) is 2.78. The van der Waals surface area contributed by atoms with Crippen LogP contribution in [0.4, 0.5) is 0 Å². The van der Waals surface area contributed by atoms with Gasteiger partial charge >= 0.3 is 0 Å². The third-order valence-corrected chi connectivity index (χ3v) is 2.73. The van der Waals surface area contributed by atoms with E-state index < -0.39 is 0 Å². The number of fused-ring (bicyclic) bond motifs is 3. The summed E-state index contributed by atoms with van der Waals surface area (Å²) >= 11 is 3.45. The van der Waals surface area contributed by atoms with Gasteiger partial charge in [-0.2, -0.15) is 0 Å². The van der Waals surface area contributed by atoms with E-state index in [2.05, 4.69) is 38.3 Å². The minimum absolute atomic E-state index is 0.871. The molecule has 0 spiro atoms. The Morgan fingerprint density at radius 3 is 2.93 bits per heavy atom. The highest BCUT2D eigenvalue weighted by Gasteiger charge is 2.00. The lowest BCUT2D eigenvalue weighted by Gasteiger charge is -2.00. The molecule has 68 valence electrons. The molecule has 0 radical (unpaired) electrons. The van der Waals surface area contributed by atoms with Crippen LogP contribution in [0.5, 0.6) is 0 Å². The SMILES string of the molecule is Brc1ccc2ccc3nncn3c2c1. The molecular weight excluding hydrogens is 242 g/mol. The number of hydrogen-bond acceptors (Lipinski definition) is 2. The molecule has 0 atom stereocenters. The molecular formula is C10H6BrN3. The molecule has 0 aliphatic heterocycles. The van der Waals surface area contributed by atoms with Crippen molar-refractivity contribution in [3.63, 3.8) is 0 Å². The van der Waals surface area contributed by atoms with Crippen molar-refractivity contribution in [2.75, 3.05) is 0 Å². The van der Waals surface area contributed by atoms with E-state index in [-0.39, 0.29) is 0 Å². The Balaban J connectivity index is 2.60. The van der Waals surface area contributed by atoms with Crippen LogP contribution in [-0.4, -0.2) is 14.6 Å². The van der Waals surface area contributed by atoms with Crippen LogP contribution in [0.25, 0.3) is 16.6 Å². The van der Waals surface area contributed by atoms with E-state index in [4.69, 9.17) is 0 Å². The minimum atomic E-state index is 0.871. The summed E-state index contributed by atoms with van der Waals surface area (Å²) in [7, 11) is 0. The van der Waals surface area contributed by atoms with Crippen LogP contribution < -0.4 is 0 Å². The standard InChI is InChI=1S/C10H6BrN3/c11-8-3-1-7-2-4-10-13-12-6-14(10)9(7)5-8/h1-6H. The Morgan fingerprint density at radius 1 is 1.14 bits per heavy atom. The van der Waals surface area contributed by atoms with Crippen molar-refractivity contribution in [1.82, 2.24) is 14.6 Å². The average molecular weight is 248 g/mol. The lowest BCUT2D eigenvalue weighted by Crippen LogP contribution is -1.86. The van der Waals surface area contributed by atoms with Crippen LogP contribution in [0.2, 0.25) is 0 Å². The topological polar surface area (TPSA) is 30.2 Å². The van der Waals surface area contributed by atoms with Crippen LogP contribution in [0.1, 0.15) is 0 Å². The first-order valence-corrected chi connectivity index (χ1v) is 5.02. The first kappa shape index (κ1) is 7.94. The number of pyridine rings is 1. The van der Waals surface area contributed by atoms with Crippen molar-refractivity contribution < 1.29 is 0 Å². The number of hydrogen-bond donors (Lipinski definition) is 0. The van der Waals surface area contributed by atoms with E-state index in [0.29, 0.717) is 0 Å². The summed E-state index contributed by atoms with van der Waals surface area (Å²) in [4.78, 5) is 0. The third-order valence-electron chi connectivity index (χ3n) is 2.24. The van der Waals surface area contributed by atoms with Crippen molar-refractivity contribution in [2.45, 2.75) is 0 Å². The Kier molecular flexibility index (Phi) is 1.58. The first-order chi connectivity index (χ1) is 6.84. The average Bonchev–Trinajstić information content (AvgIpc) is 2.65. The molecule has 0 N–H and O–H groups in total. The highest BCUT2D eigenvalue weighted by molar-refractivity contribution is 9.10. The van der Waals surface area contributed by atoms with Crippen LogP contribution in [0.3, 0.4) is 0 Å². The fourth-order valence-electron chi connectivity index (χ4n) is 1.57. The summed E-state index contributed by atoms with van der Waals surface area (Å²) in [6, 6.07) is 10.2. The van der Waals surface area contributed by atoms with Crippen LogP contribution in [-0.2, 0) is 0 Å². The van der Waals surface area contributed by atoms with E-state index in [1.165, 1.54) is 5.39 Å². The molecule has 0 saturated heterocycles. The van der Waals surface area contributed by atoms with Crippen LogP contribution in [0, 0.1) is 0 Å². The number of benzene rings is 1. The maximum absolute atomic E-state index is 4.00. The van der Waals surface area contributed by atoms with Gasteiger partial charge in [-0.15, -0.1) is 10.2 Å². The zero-order chi connectivity index (χ0) is 9.54. The highest BCUT2D eigenvalue weighted by atomic mass is 79.9. The molecule has 0 unspecified atom stereocenters. The number of rotatable bonds is 0. The number of aromatic nitrogens is 3. The molecule has 3 rings (SSSR count). The predicted octanol–water partition coefficient (Wildman–Crippen LogP) is 2.65. The fourth-order valence-corrected chi connectivity index (χ4v) is 1.92. The molecule has 2 heterocycles. The summed E-state index contributed by atoms with van der Waals surface area (Å²) in [6.45, 7) is 0. The first-order valence-electron chi connectivity index (χ1n) is 4.22. The lowest BCUT2D eigenvalue weighted by molar-refractivity contribution is 1.11. The van der Waals surface area contributed by atoms with Gasteiger partial charge in [-0.1, -0.05) is 22.0 Å². The van der Waals surface area contributed by atoms with E-state index in [1.807, 2.05) is 22.6 Å². The molecule has 3 nitrogen and oxygen atoms in total. The summed E-state index contributed by atoms with van der Waals surface area (Å²) < 4.78 is 3.03. The maximum Gasteiger partial charge on any atom is 0.161 e. The van der Waals surface area contributed by atoms with Gasteiger partial charge in [-0.25, -0.2) is 0 Å². The van der Waals surface area contributed by atoms with Gasteiger partial charge in [0.05, 0.1) is 5.52 Å². The Labute approximate surface area is 88.5 Å². The second-order valence-electron chi connectivity index (χ2n) is 3.10.